The molecular formula is C33H38Cl2N8O3. The number of anilines is 2. The third kappa shape index (κ3) is 6.17. The Morgan fingerprint density at radius 3 is 1.74 bits per heavy atom. The molecule has 0 fully saturated rings. The topological polar surface area (TPSA) is 121 Å². The Hall–Kier alpha value is -3.74. The summed E-state index contributed by atoms with van der Waals surface area (Å²) in [6.07, 6.45) is 1.14. The highest BCUT2D eigenvalue weighted by Gasteiger charge is 2.28. The number of β-amino-alcohol motifs (C(OH)–C–C–N with tert-alkyl or cyclic N) is 1. The van der Waals surface area contributed by atoms with E-state index >= 15 is 0 Å². The standard InChI is InChI=1S/C33H38Cl2N8O3/c1-5-42-14-12-26-24(17-42)36-30(40(26)3)32(45)38-22-10-6-8-20(28(22)34)21-9-7-11-23(29(21)35)39-33(46)31-37-25-18-43(16-19(2)44)15-13-27(25)41(31)4/h6-11,19,44H,5,12-18H2,1-4H3,(H,38,45)(H,39,46)/t19-/m1/s1. The van der Waals surface area contributed by atoms with Crippen LogP contribution in [-0.2, 0) is 40.0 Å². The zero-order chi connectivity index (χ0) is 32.7. The first-order valence-electron chi connectivity index (χ1n) is 15.5. The van der Waals surface area contributed by atoms with Crippen LogP contribution >= 0.6 is 23.2 Å². The zero-order valence-electron chi connectivity index (χ0n) is 26.4. The van der Waals surface area contributed by atoms with Crippen LogP contribution in [0, 0.1) is 0 Å². The lowest BCUT2D eigenvalue weighted by Gasteiger charge is -2.27. The molecule has 3 N–H and O–H groups in total. The Morgan fingerprint density at radius 2 is 1.28 bits per heavy atom. The number of nitrogens with zero attached hydrogens (tertiary/aromatic N) is 6. The van der Waals surface area contributed by atoms with Crippen LogP contribution in [0.15, 0.2) is 36.4 Å². The number of benzene rings is 2. The zero-order valence-corrected chi connectivity index (χ0v) is 27.9. The fraction of sp³-hybridized carbons (Fsp3) is 0.394. The van der Waals surface area contributed by atoms with E-state index in [0.717, 1.165) is 61.8 Å². The molecule has 0 radical (unpaired) electrons. The number of likely N-dealkylation sites (N-methyl/N-ethyl adjacent to an activating group) is 1. The van der Waals surface area contributed by atoms with E-state index in [9.17, 15) is 14.7 Å². The Labute approximate surface area is 278 Å². The van der Waals surface area contributed by atoms with Gasteiger partial charge in [-0.2, -0.15) is 0 Å². The molecule has 0 spiro atoms. The number of fused-ring (bicyclic) bond motifs is 2. The van der Waals surface area contributed by atoms with Crippen molar-refractivity contribution in [2.24, 2.45) is 14.1 Å². The first kappa shape index (κ1) is 32.2. The van der Waals surface area contributed by atoms with Crippen molar-refractivity contribution in [2.75, 3.05) is 36.8 Å². The number of nitrogens with one attached hydrogen (secondary N) is 2. The fourth-order valence-corrected chi connectivity index (χ4v) is 6.95. The molecule has 0 saturated heterocycles. The number of carbonyl (C=O) groups excluding carboxylic acids is 2. The van der Waals surface area contributed by atoms with E-state index in [4.69, 9.17) is 23.2 Å². The van der Waals surface area contributed by atoms with Crippen LogP contribution in [0.4, 0.5) is 11.4 Å². The second-order valence-corrected chi connectivity index (χ2v) is 12.7. The molecule has 0 unspecified atom stereocenters. The highest BCUT2D eigenvalue weighted by molar-refractivity contribution is 6.40. The molecule has 13 heteroatoms. The summed E-state index contributed by atoms with van der Waals surface area (Å²) in [7, 11) is 3.70. The van der Waals surface area contributed by atoms with Crippen LogP contribution in [-0.4, -0.2) is 78.1 Å². The van der Waals surface area contributed by atoms with Gasteiger partial charge in [-0.3, -0.25) is 19.4 Å². The van der Waals surface area contributed by atoms with Gasteiger partial charge in [-0.15, -0.1) is 0 Å². The summed E-state index contributed by atoms with van der Waals surface area (Å²) in [5.41, 5.74) is 5.87. The number of rotatable bonds is 8. The highest BCUT2D eigenvalue weighted by Crippen LogP contribution is 2.40. The number of amides is 2. The van der Waals surface area contributed by atoms with E-state index in [1.165, 1.54) is 0 Å². The van der Waals surface area contributed by atoms with Crippen molar-refractivity contribution in [3.63, 3.8) is 0 Å². The Bertz CT molecular complexity index is 1810. The van der Waals surface area contributed by atoms with Gasteiger partial charge in [0.1, 0.15) is 0 Å². The molecule has 11 nitrogen and oxygen atoms in total. The summed E-state index contributed by atoms with van der Waals surface area (Å²) >= 11 is 13.8. The molecule has 6 rings (SSSR count). The van der Waals surface area contributed by atoms with Crippen LogP contribution in [0.5, 0.6) is 0 Å². The normalized spacial score (nSPS) is 15.7. The van der Waals surface area contributed by atoms with Crippen molar-refractivity contribution in [3.05, 3.63) is 80.9 Å². The number of halogens is 2. The summed E-state index contributed by atoms with van der Waals surface area (Å²) in [5, 5.41) is 16.3. The molecule has 2 aromatic heterocycles. The lowest BCUT2D eigenvalue weighted by molar-refractivity contribution is 0.100. The van der Waals surface area contributed by atoms with Crippen molar-refractivity contribution in [3.8, 4) is 11.1 Å². The summed E-state index contributed by atoms with van der Waals surface area (Å²) in [4.78, 5) is 40.6. The van der Waals surface area contributed by atoms with Crippen molar-refractivity contribution in [2.45, 2.75) is 45.9 Å². The molecule has 2 amide bonds. The predicted molar refractivity (Wildman–Crippen MR) is 180 cm³/mol. The van der Waals surface area contributed by atoms with E-state index in [-0.39, 0.29) is 17.6 Å². The lowest BCUT2D eigenvalue weighted by atomic mass is 10.0. The second kappa shape index (κ2) is 13.2. The molecule has 0 saturated carbocycles. The lowest BCUT2D eigenvalue weighted by Crippen LogP contribution is -2.36. The third-order valence-electron chi connectivity index (χ3n) is 8.83. The summed E-state index contributed by atoms with van der Waals surface area (Å²) < 4.78 is 3.69. The van der Waals surface area contributed by atoms with Crippen LogP contribution in [0.2, 0.25) is 10.0 Å². The number of carbonyl (C=O) groups is 2. The van der Waals surface area contributed by atoms with Gasteiger partial charge >= 0.3 is 0 Å². The first-order valence-corrected chi connectivity index (χ1v) is 16.2. The van der Waals surface area contributed by atoms with Gasteiger partial charge in [-0.25, -0.2) is 9.97 Å². The molecule has 4 heterocycles. The quantitative estimate of drug-likeness (QED) is 0.249. The molecular weight excluding hydrogens is 627 g/mol. The average Bonchev–Trinajstić information content (AvgIpc) is 3.54. The van der Waals surface area contributed by atoms with E-state index in [1.54, 1.807) is 31.2 Å². The monoisotopic (exact) mass is 664 g/mol. The molecule has 2 aliphatic rings. The molecule has 4 aromatic rings. The molecule has 242 valence electrons. The number of aliphatic hydroxyl groups is 1. The van der Waals surface area contributed by atoms with Gasteiger partial charge in [0.05, 0.1) is 38.9 Å². The predicted octanol–water partition coefficient (Wildman–Crippen LogP) is 4.75. The van der Waals surface area contributed by atoms with E-state index in [2.05, 4.69) is 37.3 Å². The number of aromatic nitrogens is 4. The average molecular weight is 666 g/mol. The van der Waals surface area contributed by atoms with Crippen LogP contribution in [0.1, 0.15) is 57.9 Å². The summed E-state index contributed by atoms with van der Waals surface area (Å²) in [6.45, 7) is 8.38. The number of hydrogen-bond acceptors (Lipinski definition) is 7. The van der Waals surface area contributed by atoms with Gasteiger partial charge in [-0.05, 0) is 25.6 Å². The van der Waals surface area contributed by atoms with E-state index < -0.39 is 6.10 Å². The van der Waals surface area contributed by atoms with Gasteiger partial charge in [0.2, 0.25) is 0 Å². The van der Waals surface area contributed by atoms with E-state index in [1.807, 2.05) is 35.4 Å². The van der Waals surface area contributed by atoms with Gasteiger partial charge < -0.3 is 24.9 Å². The van der Waals surface area contributed by atoms with Crippen LogP contribution in [0.3, 0.4) is 0 Å². The van der Waals surface area contributed by atoms with Crippen molar-refractivity contribution in [1.29, 1.82) is 0 Å². The smallest absolute Gasteiger partial charge is 0.291 e. The van der Waals surface area contributed by atoms with Crippen molar-refractivity contribution >= 4 is 46.4 Å². The fourth-order valence-electron chi connectivity index (χ4n) is 6.40. The molecule has 2 aliphatic heterocycles. The Kier molecular flexibility index (Phi) is 9.22. The maximum atomic E-state index is 13.4. The minimum absolute atomic E-state index is 0.284. The summed E-state index contributed by atoms with van der Waals surface area (Å²) in [5.74, 6) is -0.118. The molecule has 46 heavy (non-hydrogen) atoms. The molecule has 2 aromatic carbocycles. The van der Waals surface area contributed by atoms with Crippen LogP contribution in [0.25, 0.3) is 11.1 Å². The van der Waals surface area contributed by atoms with Gasteiger partial charge in [0, 0.05) is 82.2 Å². The van der Waals surface area contributed by atoms with Gasteiger partial charge in [0.25, 0.3) is 11.8 Å². The summed E-state index contributed by atoms with van der Waals surface area (Å²) in [6, 6.07) is 10.7. The largest absolute Gasteiger partial charge is 0.392 e. The second-order valence-electron chi connectivity index (χ2n) is 12.0. The van der Waals surface area contributed by atoms with E-state index in [0.29, 0.717) is 51.5 Å². The van der Waals surface area contributed by atoms with Crippen molar-refractivity contribution < 1.29 is 14.7 Å². The molecule has 0 bridgehead atoms. The van der Waals surface area contributed by atoms with Gasteiger partial charge in [-0.1, -0.05) is 54.4 Å². The van der Waals surface area contributed by atoms with Crippen LogP contribution < -0.4 is 10.6 Å². The Balaban J connectivity index is 1.21. The first-order chi connectivity index (χ1) is 22.0. The maximum absolute atomic E-state index is 13.4. The SMILES string of the molecule is CCN1CCc2c(nc(C(=O)Nc3cccc(-c4cccc(NC(=O)c5nc6c(n5C)CCN(C[C@@H](C)O)C6)c4Cl)c3Cl)n2C)C1. The number of aliphatic hydroxyl groups excluding tert-OH is 1. The highest BCUT2D eigenvalue weighted by atomic mass is 35.5. The number of imidazole rings is 2. The maximum Gasteiger partial charge on any atom is 0.291 e. The molecule has 1 atom stereocenters. The Morgan fingerprint density at radius 1 is 0.826 bits per heavy atom. The molecule has 0 aliphatic carbocycles. The van der Waals surface area contributed by atoms with Gasteiger partial charge in [0.15, 0.2) is 11.6 Å². The minimum atomic E-state index is -0.439. The number of hydrogen-bond donors (Lipinski definition) is 3. The van der Waals surface area contributed by atoms with Crippen molar-refractivity contribution in [1.82, 2.24) is 28.9 Å². The third-order valence-corrected chi connectivity index (χ3v) is 9.64. The minimum Gasteiger partial charge on any atom is -0.392 e.